The standard InChI is InChI=1S/C16H16N2O7S2/c1-2-11(20)25-24-9-7-27-15-12(14(21)18(15)13(9)16(22)23)17-10(19)6-8-4-3-5-26-8/h3-5,7,12-13,15H,2,6H2,1H3,(H,17,19)(H,22,23)/t12?,13?,15-/m1/s1. The molecule has 1 fully saturated rings. The van der Waals surface area contributed by atoms with Crippen molar-refractivity contribution >= 4 is 46.9 Å². The van der Waals surface area contributed by atoms with E-state index in [-0.39, 0.29) is 24.5 Å². The molecule has 27 heavy (non-hydrogen) atoms. The first-order valence-electron chi connectivity index (χ1n) is 8.02. The number of β-lactam (4-membered cyclic amide) rings is 1. The highest BCUT2D eigenvalue weighted by atomic mass is 32.2. The Morgan fingerprint density at radius 3 is 2.78 bits per heavy atom. The number of aliphatic carboxylic acids is 1. The van der Waals surface area contributed by atoms with Crippen LogP contribution in [-0.4, -0.2) is 51.2 Å². The number of amides is 2. The van der Waals surface area contributed by atoms with Gasteiger partial charge in [-0.2, -0.15) is 0 Å². The number of carboxylic acids is 1. The first kappa shape index (κ1) is 19.2. The van der Waals surface area contributed by atoms with Crippen LogP contribution >= 0.6 is 23.1 Å². The smallest absolute Gasteiger partial charge is 0.355 e. The summed E-state index contributed by atoms with van der Waals surface area (Å²) >= 11 is 2.55. The molecule has 11 heteroatoms. The number of nitrogens with zero attached hydrogens (tertiary/aromatic N) is 1. The summed E-state index contributed by atoms with van der Waals surface area (Å²) in [6.45, 7) is 1.56. The molecular formula is C16H16N2O7S2. The van der Waals surface area contributed by atoms with Crippen LogP contribution in [0.3, 0.4) is 0 Å². The zero-order valence-electron chi connectivity index (χ0n) is 14.1. The maximum absolute atomic E-state index is 12.4. The Bertz CT molecular complexity index is 793. The van der Waals surface area contributed by atoms with Gasteiger partial charge in [-0.1, -0.05) is 13.0 Å². The summed E-state index contributed by atoms with van der Waals surface area (Å²) in [7, 11) is 0. The number of rotatable bonds is 7. The summed E-state index contributed by atoms with van der Waals surface area (Å²) in [5.41, 5.74) is 0. The zero-order valence-corrected chi connectivity index (χ0v) is 15.7. The van der Waals surface area contributed by atoms with Crippen molar-refractivity contribution < 1.29 is 34.1 Å². The van der Waals surface area contributed by atoms with E-state index in [1.807, 2.05) is 17.5 Å². The molecule has 2 unspecified atom stereocenters. The van der Waals surface area contributed by atoms with Gasteiger partial charge < -0.3 is 15.3 Å². The molecule has 3 rings (SSSR count). The lowest BCUT2D eigenvalue weighted by molar-refractivity contribution is -0.253. The van der Waals surface area contributed by atoms with Gasteiger partial charge in [-0.15, -0.1) is 23.1 Å². The molecule has 0 aliphatic carbocycles. The van der Waals surface area contributed by atoms with E-state index in [1.165, 1.54) is 16.7 Å². The molecule has 144 valence electrons. The second-order valence-corrected chi connectivity index (χ2v) is 7.75. The Labute approximate surface area is 162 Å². The highest BCUT2D eigenvalue weighted by Gasteiger charge is 2.57. The Kier molecular flexibility index (Phi) is 5.71. The number of fused-ring (bicyclic) bond motifs is 1. The third-order valence-electron chi connectivity index (χ3n) is 3.94. The first-order chi connectivity index (χ1) is 12.9. The fourth-order valence-electron chi connectivity index (χ4n) is 2.63. The molecule has 2 aliphatic rings. The number of nitrogens with one attached hydrogen (secondary N) is 1. The second-order valence-electron chi connectivity index (χ2n) is 5.73. The zero-order chi connectivity index (χ0) is 19.6. The van der Waals surface area contributed by atoms with Gasteiger partial charge in [0.05, 0.1) is 6.42 Å². The Balaban J connectivity index is 1.66. The quantitative estimate of drug-likeness (QED) is 0.384. The lowest BCUT2D eigenvalue weighted by Crippen LogP contribution is -2.74. The van der Waals surface area contributed by atoms with Crippen molar-refractivity contribution in [1.82, 2.24) is 10.2 Å². The van der Waals surface area contributed by atoms with Crippen molar-refractivity contribution in [3.05, 3.63) is 33.6 Å². The lowest BCUT2D eigenvalue weighted by Gasteiger charge is -2.50. The molecule has 3 atom stereocenters. The topological polar surface area (TPSA) is 122 Å². The van der Waals surface area contributed by atoms with Crippen LogP contribution in [-0.2, 0) is 35.4 Å². The van der Waals surface area contributed by atoms with Crippen molar-refractivity contribution in [2.75, 3.05) is 0 Å². The van der Waals surface area contributed by atoms with E-state index < -0.39 is 35.3 Å². The monoisotopic (exact) mass is 412 g/mol. The molecule has 1 aromatic heterocycles. The number of carbonyl (C=O) groups is 4. The Morgan fingerprint density at radius 1 is 1.37 bits per heavy atom. The molecule has 0 radical (unpaired) electrons. The van der Waals surface area contributed by atoms with E-state index in [1.54, 1.807) is 6.92 Å². The van der Waals surface area contributed by atoms with Gasteiger partial charge in [0, 0.05) is 16.7 Å². The molecule has 1 aromatic rings. The van der Waals surface area contributed by atoms with Crippen LogP contribution in [0.15, 0.2) is 28.7 Å². The minimum atomic E-state index is -1.42. The van der Waals surface area contributed by atoms with Crippen LogP contribution in [0.1, 0.15) is 18.2 Å². The summed E-state index contributed by atoms with van der Waals surface area (Å²) in [4.78, 5) is 58.7. The van der Waals surface area contributed by atoms with Crippen LogP contribution in [0.5, 0.6) is 0 Å². The van der Waals surface area contributed by atoms with Gasteiger partial charge in [0.1, 0.15) is 11.4 Å². The fraction of sp³-hybridized carbons (Fsp3) is 0.375. The number of carbonyl (C=O) groups excluding carboxylic acids is 3. The number of hydrogen-bond acceptors (Lipinski definition) is 8. The predicted molar refractivity (Wildman–Crippen MR) is 95.2 cm³/mol. The van der Waals surface area contributed by atoms with Gasteiger partial charge >= 0.3 is 11.9 Å². The van der Waals surface area contributed by atoms with Gasteiger partial charge in [0.25, 0.3) is 0 Å². The number of thiophene rings is 1. The summed E-state index contributed by atoms with van der Waals surface area (Å²) in [5, 5.41) is 14.8. The van der Waals surface area contributed by atoms with Gasteiger partial charge in [-0.25, -0.2) is 9.59 Å². The van der Waals surface area contributed by atoms with E-state index >= 15 is 0 Å². The summed E-state index contributed by atoms with van der Waals surface area (Å²) < 4.78 is 0. The lowest BCUT2D eigenvalue weighted by atomic mass is 10.0. The van der Waals surface area contributed by atoms with Crippen LogP contribution in [0, 0.1) is 0 Å². The summed E-state index contributed by atoms with van der Waals surface area (Å²) in [6.07, 6.45) is 0.208. The molecule has 0 saturated carbocycles. The van der Waals surface area contributed by atoms with E-state index in [4.69, 9.17) is 4.89 Å². The van der Waals surface area contributed by atoms with E-state index in [9.17, 15) is 24.3 Å². The van der Waals surface area contributed by atoms with E-state index in [2.05, 4.69) is 10.2 Å². The second kappa shape index (κ2) is 8.01. The normalized spacial score (nSPS) is 23.6. The molecule has 0 bridgehead atoms. The van der Waals surface area contributed by atoms with Crippen molar-refractivity contribution in [3.63, 3.8) is 0 Å². The van der Waals surface area contributed by atoms with Crippen LogP contribution in [0.2, 0.25) is 0 Å². The SMILES string of the molecule is CCC(=O)OOC1=CS[C@@H]2C(NC(=O)Cc3cccs3)C(=O)N2C1C(=O)O. The van der Waals surface area contributed by atoms with Crippen LogP contribution in [0.25, 0.3) is 0 Å². The third kappa shape index (κ3) is 3.93. The fourth-order valence-corrected chi connectivity index (χ4v) is 4.47. The molecular weight excluding hydrogens is 396 g/mol. The molecule has 2 amide bonds. The molecule has 2 N–H and O–H groups in total. The largest absolute Gasteiger partial charge is 0.479 e. The maximum Gasteiger partial charge on any atom is 0.355 e. The van der Waals surface area contributed by atoms with Gasteiger partial charge in [0.15, 0.2) is 11.8 Å². The van der Waals surface area contributed by atoms with Gasteiger partial charge in [-0.05, 0) is 11.4 Å². The van der Waals surface area contributed by atoms with Gasteiger partial charge in [0.2, 0.25) is 11.8 Å². The van der Waals surface area contributed by atoms with Crippen molar-refractivity contribution in [3.8, 4) is 0 Å². The highest BCUT2D eigenvalue weighted by Crippen LogP contribution is 2.40. The van der Waals surface area contributed by atoms with E-state index in [0.29, 0.717) is 0 Å². The third-order valence-corrected chi connectivity index (χ3v) is 5.96. The summed E-state index contributed by atoms with van der Waals surface area (Å²) in [5.74, 6) is -3.00. The predicted octanol–water partition coefficient (Wildman–Crippen LogP) is 0.870. The van der Waals surface area contributed by atoms with Crippen molar-refractivity contribution in [1.29, 1.82) is 0 Å². The molecule has 0 aromatic carbocycles. The molecule has 3 heterocycles. The summed E-state index contributed by atoms with van der Waals surface area (Å²) in [6, 6.07) is 1.41. The number of thioether (sulfide) groups is 1. The minimum Gasteiger partial charge on any atom is -0.479 e. The average molecular weight is 412 g/mol. The number of carboxylic acid groups (broad SMARTS) is 1. The molecule has 0 spiro atoms. The van der Waals surface area contributed by atoms with E-state index in [0.717, 1.165) is 21.5 Å². The molecule has 9 nitrogen and oxygen atoms in total. The van der Waals surface area contributed by atoms with Crippen LogP contribution < -0.4 is 5.32 Å². The van der Waals surface area contributed by atoms with Crippen molar-refractivity contribution in [2.45, 2.75) is 37.2 Å². The molecule has 2 aliphatic heterocycles. The Hall–Kier alpha value is -2.53. The average Bonchev–Trinajstić information content (AvgIpc) is 3.15. The van der Waals surface area contributed by atoms with Gasteiger partial charge in [-0.3, -0.25) is 19.4 Å². The minimum absolute atomic E-state index is 0.0573. The van der Waals surface area contributed by atoms with Crippen molar-refractivity contribution in [2.24, 2.45) is 0 Å². The van der Waals surface area contributed by atoms with Crippen LogP contribution in [0.4, 0.5) is 0 Å². The first-order valence-corrected chi connectivity index (χ1v) is 9.84. The molecule has 1 saturated heterocycles. The highest BCUT2D eigenvalue weighted by molar-refractivity contribution is 8.02. The maximum atomic E-state index is 12.4. The number of hydrogen-bond donors (Lipinski definition) is 2. The Morgan fingerprint density at radius 2 is 2.15 bits per heavy atom.